The van der Waals surface area contributed by atoms with Gasteiger partial charge in [-0.2, -0.15) is 26.3 Å². The lowest BCUT2D eigenvalue weighted by Gasteiger charge is -2.15. The third-order valence-electron chi connectivity index (χ3n) is 3.96. The second kappa shape index (κ2) is 9.56. The lowest BCUT2D eigenvalue weighted by atomic mass is 10.1. The first-order valence-corrected chi connectivity index (χ1v) is 10.3. The Balaban J connectivity index is 2.24. The zero-order valence-corrected chi connectivity index (χ0v) is 17.3. The molecular formula is C18H17F6N5O3S. The number of carbonyl (C=O) groups is 1. The minimum atomic E-state index is -5.21. The Bertz CT molecular complexity index is 1110. The predicted molar refractivity (Wildman–Crippen MR) is 107 cm³/mol. The molecule has 0 spiro atoms. The van der Waals surface area contributed by atoms with Gasteiger partial charge in [0.25, 0.3) is 15.9 Å². The number of nitrogens with two attached hydrogens (primary N) is 2. The zero-order valence-electron chi connectivity index (χ0n) is 16.5. The van der Waals surface area contributed by atoms with Crippen molar-refractivity contribution in [1.29, 1.82) is 0 Å². The van der Waals surface area contributed by atoms with E-state index in [1.54, 1.807) is 0 Å². The molecule has 2 aromatic rings. The highest BCUT2D eigenvalue weighted by atomic mass is 32.2. The second-order valence-corrected chi connectivity index (χ2v) is 8.17. The highest BCUT2D eigenvalue weighted by Gasteiger charge is 2.38. The number of amides is 1. The van der Waals surface area contributed by atoms with Gasteiger partial charge in [-0.3, -0.25) is 14.5 Å². The van der Waals surface area contributed by atoms with Crippen molar-refractivity contribution in [1.82, 2.24) is 5.32 Å². The number of hydrogen-bond acceptors (Lipinski definition) is 4. The maximum atomic E-state index is 13.0. The maximum Gasteiger partial charge on any atom is 0.416 e. The standard InChI is InChI=1S/C18H17F6N5O3S/c19-17(20,21)11-7-12(18(22,23)24)9-14(8-11)33(31,32)29-13-3-1-10(2-4-13)15(30)27-5-6-28-16(25)26/h1-4,7-9,29H,5-6H2,(H,27,30)(H4,25,26,28). The van der Waals surface area contributed by atoms with Crippen molar-refractivity contribution in [2.75, 3.05) is 17.8 Å². The number of hydrogen-bond donors (Lipinski definition) is 4. The molecule has 1 amide bonds. The van der Waals surface area contributed by atoms with Crippen LogP contribution >= 0.6 is 0 Å². The number of benzene rings is 2. The fourth-order valence-electron chi connectivity index (χ4n) is 2.44. The van der Waals surface area contributed by atoms with E-state index in [2.05, 4.69) is 10.3 Å². The van der Waals surface area contributed by atoms with Crippen LogP contribution in [-0.2, 0) is 22.4 Å². The van der Waals surface area contributed by atoms with Crippen LogP contribution in [0.1, 0.15) is 21.5 Å². The molecule has 0 bridgehead atoms. The number of aliphatic imine (C=N–C) groups is 1. The van der Waals surface area contributed by atoms with Crippen LogP contribution < -0.4 is 21.5 Å². The molecule has 0 atom stereocenters. The average molecular weight is 497 g/mol. The lowest BCUT2D eigenvalue weighted by molar-refractivity contribution is -0.143. The molecule has 2 aromatic carbocycles. The summed E-state index contributed by atoms with van der Waals surface area (Å²) in [7, 11) is -4.83. The quantitative estimate of drug-likeness (QED) is 0.202. The van der Waals surface area contributed by atoms with Crippen molar-refractivity contribution in [3.8, 4) is 0 Å². The van der Waals surface area contributed by atoms with Crippen LogP contribution in [-0.4, -0.2) is 33.4 Å². The second-order valence-electron chi connectivity index (χ2n) is 6.49. The van der Waals surface area contributed by atoms with Crippen molar-refractivity contribution in [3.05, 3.63) is 59.2 Å². The van der Waals surface area contributed by atoms with Crippen molar-refractivity contribution in [2.24, 2.45) is 16.5 Å². The van der Waals surface area contributed by atoms with Crippen LogP contribution in [0.2, 0.25) is 0 Å². The Morgan fingerprint density at radius 1 is 0.909 bits per heavy atom. The van der Waals surface area contributed by atoms with Gasteiger partial charge in [0.2, 0.25) is 0 Å². The highest BCUT2D eigenvalue weighted by molar-refractivity contribution is 7.92. The Hall–Kier alpha value is -3.49. The van der Waals surface area contributed by atoms with Crippen LogP contribution in [0.3, 0.4) is 0 Å². The molecule has 0 unspecified atom stereocenters. The fraction of sp³-hybridized carbons (Fsp3) is 0.222. The summed E-state index contributed by atoms with van der Waals surface area (Å²) in [5.74, 6) is -0.716. The topological polar surface area (TPSA) is 140 Å². The van der Waals surface area contributed by atoms with Crippen molar-refractivity contribution in [2.45, 2.75) is 17.2 Å². The zero-order chi connectivity index (χ0) is 25.0. The molecule has 0 saturated heterocycles. The minimum Gasteiger partial charge on any atom is -0.370 e. The Morgan fingerprint density at radius 2 is 1.42 bits per heavy atom. The average Bonchev–Trinajstić information content (AvgIpc) is 2.69. The van der Waals surface area contributed by atoms with Gasteiger partial charge in [-0.15, -0.1) is 0 Å². The first-order chi connectivity index (χ1) is 15.1. The van der Waals surface area contributed by atoms with Crippen LogP contribution in [0.25, 0.3) is 0 Å². The molecule has 0 heterocycles. The van der Waals surface area contributed by atoms with E-state index < -0.39 is 44.3 Å². The van der Waals surface area contributed by atoms with Crippen molar-refractivity contribution >= 4 is 27.6 Å². The smallest absolute Gasteiger partial charge is 0.370 e. The summed E-state index contributed by atoms with van der Waals surface area (Å²) in [4.78, 5) is 14.4. The predicted octanol–water partition coefficient (Wildman–Crippen LogP) is 2.53. The Labute approximate surface area is 183 Å². The molecular weight excluding hydrogens is 480 g/mol. The van der Waals surface area contributed by atoms with E-state index >= 15 is 0 Å². The van der Waals surface area contributed by atoms with Crippen molar-refractivity contribution < 1.29 is 39.6 Å². The third-order valence-corrected chi connectivity index (χ3v) is 5.32. The van der Waals surface area contributed by atoms with E-state index in [0.29, 0.717) is 0 Å². The van der Waals surface area contributed by atoms with Gasteiger partial charge in [0, 0.05) is 17.8 Å². The molecule has 0 saturated carbocycles. The Kier molecular flexibility index (Phi) is 7.46. The number of halogens is 6. The molecule has 0 fully saturated rings. The molecule has 33 heavy (non-hydrogen) atoms. The van der Waals surface area contributed by atoms with Gasteiger partial charge >= 0.3 is 12.4 Å². The number of alkyl halides is 6. The van der Waals surface area contributed by atoms with E-state index in [1.165, 1.54) is 12.1 Å². The summed E-state index contributed by atoms with van der Waals surface area (Å²) in [6.07, 6.45) is -10.4. The van der Waals surface area contributed by atoms with Crippen LogP contribution in [0.15, 0.2) is 52.4 Å². The van der Waals surface area contributed by atoms with Crippen LogP contribution in [0, 0.1) is 0 Å². The summed E-state index contributed by atoms with van der Waals surface area (Å²) in [6.45, 7) is 0.213. The molecule has 0 aliphatic heterocycles. The summed E-state index contributed by atoms with van der Waals surface area (Å²) in [5, 5.41) is 2.48. The first-order valence-electron chi connectivity index (χ1n) is 8.85. The normalized spacial score (nSPS) is 12.2. The van der Waals surface area contributed by atoms with Crippen LogP contribution in [0.4, 0.5) is 32.0 Å². The SMILES string of the molecule is NC(N)=NCCNC(=O)c1ccc(NS(=O)(=O)c2cc(C(F)(F)F)cc(C(F)(F)F)c2)cc1. The molecule has 0 aliphatic rings. The summed E-state index contributed by atoms with van der Waals surface area (Å²) < 4.78 is 105. The molecule has 15 heteroatoms. The van der Waals surface area contributed by atoms with Gasteiger partial charge in [0.05, 0.1) is 22.6 Å². The third kappa shape index (κ3) is 7.27. The number of anilines is 1. The van der Waals surface area contributed by atoms with Gasteiger partial charge < -0.3 is 16.8 Å². The highest BCUT2D eigenvalue weighted by Crippen LogP contribution is 2.37. The summed E-state index contributed by atoms with van der Waals surface area (Å²) >= 11 is 0. The first kappa shape index (κ1) is 25.8. The fourth-order valence-corrected chi connectivity index (χ4v) is 3.57. The van der Waals surface area contributed by atoms with Crippen molar-refractivity contribution in [3.63, 3.8) is 0 Å². The molecule has 180 valence electrons. The molecule has 0 radical (unpaired) electrons. The molecule has 8 nitrogen and oxygen atoms in total. The number of carbonyl (C=O) groups excluding carboxylic acids is 1. The van der Waals surface area contributed by atoms with Crippen LogP contribution in [0.5, 0.6) is 0 Å². The minimum absolute atomic E-state index is 0.0932. The monoisotopic (exact) mass is 497 g/mol. The number of nitrogens with one attached hydrogen (secondary N) is 2. The molecule has 6 N–H and O–H groups in total. The van der Waals surface area contributed by atoms with E-state index in [-0.39, 0.29) is 48.5 Å². The molecule has 2 rings (SSSR count). The number of rotatable bonds is 7. The number of sulfonamides is 1. The molecule has 0 aliphatic carbocycles. The largest absolute Gasteiger partial charge is 0.416 e. The van der Waals surface area contributed by atoms with Gasteiger partial charge in [0.1, 0.15) is 0 Å². The van der Waals surface area contributed by atoms with Gasteiger partial charge in [-0.05, 0) is 42.5 Å². The van der Waals surface area contributed by atoms with Gasteiger partial charge in [-0.1, -0.05) is 0 Å². The maximum absolute atomic E-state index is 13.0. The Morgan fingerprint density at radius 3 is 1.88 bits per heavy atom. The van der Waals surface area contributed by atoms with E-state index in [9.17, 15) is 39.6 Å². The van der Waals surface area contributed by atoms with Gasteiger partial charge in [-0.25, -0.2) is 8.42 Å². The van der Waals surface area contributed by atoms with Gasteiger partial charge in [0.15, 0.2) is 5.96 Å². The summed E-state index contributed by atoms with van der Waals surface area (Å²) in [6, 6.07) is 4.62. The number of nitrogens with zero attached hydrogens (tertiary/aromatic N) is 1. The lowest BCUT2D eigenvalue weighted by Crippen LogP contribution is -2.28. The van der Waals surface area contributed by atoms with E-state index in [4.69, 9.17) is 11.5 Å². The summed E-state index contributed by atoms with van der Waals surface area (Å²) in [5.41, 5.74) is 6.63. The van der Waals surface area contributed by atoms with E-state index in [0.717, 1.165) is 12.1 Å². The molecule has 0 aromatic heterocycles. The number of guanidine groups is 1. The van der Waals surface area contributed by atoms with E-state index in [1.807, 2.05) is 4.72 Å².